The Labute approximate surface area is 168 Å². The van der Waals surface area contributed by atoms with Crippen molar-refractivity contribution in [3.63, 3.8) is 0 Å². The molecule has 0 aliphatic carbocycles. The van der Waals surface area contributed by atoms with Crippen molar-refractivity contribution in [2.24, 2.45) is 0 Å². The topological polar surface area (TPSA) is 52.7 Å². The van der Waals surface area contributed by atoms with E-state index in [4.69, 9.17) is 23.2 Å². The minimum Gasteiger partial charge on any atom is -0.336 e. The third-order valence-corrected chi connectivity index (χ3v) is 5.12. The van der Waals surface area contributed by atoms with Gasteiger partial charge in [0.25, 0.3) is 5.91 Å². The normalized spacial score (nSPS) is 16.0. The Morgan fingerprint density at radius 3 is 2.15 bits per heavy atom. The lowest BCUT2D eigenvalue weighted by atomic mass is 10.1. The van der Waals surface area contributed by atoms with Crippen molar-refractivity contribution >= 4 is 40.7 Å². The van der Waals surface area contributed by atoms with Gasteiger partial charge in [-0.2, -0.15) is 0 Å². The van der Waals surface area contributed by atoms with Gasteiger partial charge in [-0.05, 0) is 37.3 Å². The molecule has 0 radical (unpaired) electrons. The zero-order valence-electron chi connectivity index (χ0n) is 15.0. The molecule has 0 saturated carbocycles. The number of carbonyl (C=O) groups is 2. The first kappa shape index (κ1) is 19.7. The average Bonchev–Trinajstić information content (AvgIpc) is 2.67. The Bertz CT molecular complexity index is 801. The molecule has 2 aromatic rings. The maximum atomic E-state index is 12.6. The number of nitrogens with one attached hydrogen (secondary N) is 1. The summed E-state index contributed by atoms with van der Waals surface area (Å²) in [5, 5.41) is 3.79. The predicted octanol–water partition coefficient (Wildman–Crippen LogP) is 3.78. The summed E-state index contributed by atoms with van der Waals surface area (Å²) in [6.07, 6.45) is 0. The maximum absolute atomic E-state index is 12.6. The minimum absolute atomic E-state index is 0.0286. The number of hydrogen-bond acceptors (Lipinski definition) is 3. The number of anilines is 1. The van der Waals surface area contributed by atoms with Crippen LogP contribution in [0.2, 0.25) is 10.0 Å². The fourth-order valence-electron chi connectivity index (χ4n) is 3.11. The third kappa shape index (κ3) is 5.01. The first-order valence-electron chi connectivity index (χ1n) is 8.79. The van der Waals surface area contributed by atoms with E-state index in [1.54, 1.807) is 18.2 Å². The highest BCUT2D eigenvalue weighted by atomic mass is 35.5. The van der Waals surface area contributed by atoms with Crippen LogP contribution in [0.15, 0.2) is 48.5 Å². The molecule has 0 spiro atoms. The van der Waals surface area contributed by atoms with E-state index in [-0.39, 0.29) is 17.9 Å². The quantitative estimate of drug-likeness (QED) is 0.841. The van der Waals surface area contributed by atoms with E-state index in [0.29, 0.717) is 47.5 Å². The summed E-state index contributed by atoms with van der Waals surface area (Å²) in [5.41, 5.74) is 1.26. The molecule has 2 amide bonds. The molecule has 3 rings (SSSR count). The highest BCUT2D eigenvalue weighted by Gasteiger charge is 2.28. The molecule has 1 aliphatic heterocycles. The fraction of sp³-hybridized carbons (Fsp3) is 0.300. The van der Waals surface area contributed by atoms with Crippen LogP contribution in [0, 0.1) is 0 Å². The SMILES string of the molecule is C[C@@H](C(=O)Nc1cc(Cl)cc(Cl)c1)N1CCN(C(=O)c2ccccc2)CC1. The van der Waals surface area contributed by atoms with Crippen LogP contribution in [0.4, 0.5) is 5.69 Å². The average molecular weight is 406 g/mol. The van der Waals surface area contributed by atoms with Gasteiger partial charge in [-0.1, -0.05) is 41.4 Å². The van der Waals surface area contributed by atoms with Gasteiger partial charge in [-0.3, -0.25) is 14.5 Å². The predicted molar refractivity (Wildman–Crippen MR) is 108 cm³/mol. The van der Waals surface area contributed by atoms with Gasteiger partial charge >= 0.3 is 0 Å². The second-order valence-electron chi connectivity index (χ2n) is 6.52. The van der Waals surface area contributed by atoms with E-state index in [2.05, 4.69) is 10.2 Å². The molecular weight excluding hydrogens is 385 g/mol. The molecule has 1 atom stereocenters. The monoisotopic (exact) mass is 405 g/mol. The molecule has 1 N–H and O–H groups in total. The molecule has 27 heavy (non-hydrogen) atoms. The number of halogens is 2. The molecule has 0 unspecified atom stereocenters. The van der Waals surface area contributed by atoms with Crippen molar-refractivity contribution in [1.29, 1.82) is 0 Å². The molecule has 1 saturated heterocycles. The van der Waals surface area contributed by atoms with Crippen LogP contribution in [0.1, 0.15) is 17.3 Å². The van der Waals surface area contributed by atoms with Crippen molar-refractivity contribution in [2.45, 2.75) is 13.0 Å². The molecule has 5 nitrogen and oxygen atoms in total. The summed E-state index contributed by atoms with van der Waals surface area (Å²) in [4.78, 5) is 29.0. The summed E-state index contributed by atoms with van der Waals surface area (Å²) in [5.74, 6) is -0.0999. The number of amides is 2. The first-order valence-corrected chi connectivity index (χ1v) is 9.55. The van der Waals surface area contributed by atoms with Crippen molar-refractivity contribution in [3.05, 3.63) is 64.1 Å². The fourth-order valence-corrected chi connectivity index (χ4v) is 3.64. The largest absolute Gasteiger partial charge is 0.336 e. The van der Waals surface area contributed by atoms with Gasteiger partial charge in [0.1, 0.15) is 0 Å². The summed E-state index contributed by atoms with van der Waals surface area (Å²) in [7, 11) is 0. The first-order chi connectivity index (χ1) is 12.9. The lowest BCUT2D eigenvalue weighted by Gasteiger charge is -2.37. The van der Waals surface area contributed by atoms with Crippen LogP contribution in [0.3, 0.4) is 0 Å². The zero-order chi connectivity index (χ0) is 19.4. The Hall–Kier alpha value is -2.08. The Balaban J connectivity index is 1.55. The van der Waals surface area contributed by atoms with Crippen LogP contribution in [-0.2, 0) is 4.79 Å². The maximum Gasteiger partial charge on any atom is 0.253 e. The van der Waals surface area contributed by atoms with Gasteiger partial charge in [0.15, 0.2) is 0 Å². The van der Waals surface area contributed by atoms with E-state index in [0.717, 1.165) is 0 Å². The Morgan fingerprint density at radius 1 is 0.963 bits per heavy atom. The summed E-state index contributed by atoms with van der Waals surface area (Å²) < 4.78 is 0. The Morgan fingerprint density at radius 2 is 1.56 bits per heavy atom. The van der Waals surface area contributed by atoms with E-state index in [1.807, 2.05) is 42.2 Å². The second kappa shape index (κ2) is 8.74. The van der Waals surface area contributed by atoms with Crippen molar-refractivity contribution in [3.8, 4) is 0 Å². The molecule has 1 heterocycles. The van der Waals surface area contributed by atoms with E-state index >= 15 is 0 Å². The highest BCUT2D eigenvalue weighted by Crippen LogP contribution is 2.23. The van der Waals surface area contributed by atoms with Crippen LogP contribution < -0.4 is 5.32 Å². The molecule has 1 aliphatic rings. The lowest BCUT2D eigenvalue weighted by molar-refractivity contribution is -0.121. The molecule has 2 aromatic carbocycles. The van der Waals surface area contributed by atoms with Crippen LogP contribution in [0.5, 0.6) is 0 Å². The van der Waals surface area contributed by atoms with Crippen LogP contribution in [-0.4, -0.2) is 53.8 Å². The molecule has 142 valence electrons. The third-order valence-electron chi connectivity index (χ3n) is 4.68. The molecule has 1 fully saturated rings. The molecule has 0 aromatic heterocycles. The van der Waals surface area contributed by atoms with Crippen molar-refractivity contribution in [1.82, 2.24) is 9.80 Å². The van der Waals surface area contributed by atoms with Gasteiger partial charge < -0.3 is 10.2 Å². The van der Waals surface area contributed by atoms with E-state index in [1.165, 1.54) is 0 Å². The second-order valence-corrected chi connectivity index (χ2v) is 7.39. The summed E-state index contributed by atoms with van der Waals surface area (Å²) in [6.45, 7) is 4.33. The lowest BCUT2D eigenvalue weighted by Crippen LogP contribution is -2.54. The van der Waals surface area contributed by atoms with Crippen molar-refractivity contribution in [2.75, 3.05) is 31.5 Å². The van der Waals surface area contributed by atoms with Gasteiger partial charge in [0.05, 0.1) is 6.04 Å². The smallest absolute Gasteiger partial charge is 0.253 e. The number of rotatable bonds is 4. The molecule has 7 heteroatoms. The number of hydrogen-bond donors (Lipinski definition) is 1. The standard InChI is InChI=1S/C20H21Cl2N3O2/c1-14(19(26)23-18-12-16(21)11-17(22)13-18)24-7-9-25(10-8-24)20(27)15-5-3-2-4-6-15/h2-6,11-14H,7-10H2,1H3,(H,23,26)/t14-/m0/s1. The number of carbonyl (C=O) groups excluding carboxylic acids is 2. The van der Waals surface area contributed by atoms with E-state index in [9.17, 15) is 9.59 Å². The van der Waals surface area contributed by atoms with Crippen LogP contribution >= 0.6 is 23.2 Å². The van der Waals surface area contributed by atoms with Crippen molar-refractivity contribution < 1.29 is 9.59 Å². The number of piperazine rings is 1. The summed E-state index contributed by atoms with van der Waals surface area (Å²) >= 11 is 11.9. The minimum atomic E-state index is -0.322. The van der Waals surface area contributed by atoms with Gasteiger partial charge in [-0.15, -0.1) is 0 Å². The van der Waals surface area contributed by atoms with Gasteiger partial charge in [0, 0.05) is 47.5 Å². The van der Waals surface area contributed by atoms with Gasteiger partial charge in [0.2, 0.25) is 5.91 Å². The van der Waals surface area contributed by atoms with Crippen LogP contribution in [0.25, 0.3) is 0 Å². The van der Waals surface area contributed by atoms with Gasteiger partial charge in [-0.25, -0.2) is 0 Å². The number of benzene rings is 2. The zero-order valence-corrected chi connectivity index (χ0v) is 16.5. The summed E-state index contributed by atoms with van der Waals surface area (Å²) in [6, 6.07) is 13.9. The highest BCUT2D eigenvalue weighted by molar-refractivity contribution is 6.35. The Kier molecular flexibility index (Phi) is 6.37. The molecular formula is C20H21Cl2N3O2. The molecule has 0 bridgehead atoms. The van der Waals surface area contributed by atoms with E-state index < -0.39 is 0 Å². The number of nitrogens with zero attached hydrogens (tertiary/aromatic N) is 2.